The molecule has 1 aromatic heterocycles. The molecule has 1 aromatic rings. The highest BCUT2D eigenvalue weighted by Gasteiger charge is 2.31. The molecular weight excluding hydrogens is 232 g/mol. The van der Waals surface area contributed by atoms with E-state index in [1.165, 1.54) is 7.11 Å². The van der Waals surface area contributed by atoms with Crippen molar-refractivity contribution in [2.75, 3.05) is 31.8 Å². The Hall–Kier alpha value is -1.62. The van der Waals surface area contributed by atoms with Crippen molar-refractivity contribution in [3.05, 3.63) is 23.9 Å². The summed E-state index contributed by atoms with van der Waals surface area (Å²) >= 11 is 0. The van der Waals surface area contributed by atoms with Crippen LogP contribution >= 0.6 is 0 Å². The second kappa shape index (κ2) is 4.94. The predicted molar refractivity (Wildman–Crippen MR) is 67.8 cm³/mol. The Morgan fingerprint density at radius 1 is 1.56 bits per heavy atom. The van der Waals surface area contributed by atoms with E-state index in [2.05, 4.69) is 23.7 Å². The van der Waals surface area contributed by atoms with Gasteiger partial charge in [-0.3, -0.25) is 0 Å². The van der Waals surface area contributed by atoms with E-state index in [4.69, 9.17) is 9.47 Å². The quantitative estimate of drug-likeness (QED) is 0.744. The number of rotatable bonds is 2. The Bertz CT molecular complexity index is 446. The molecule has 1 saturated heterocycles. The maximum Gasteiger partial charge on any atom is 0.338 e. The van der Waals surface area contributed by atoms with Crippen molar-refractivity contribution >= 4 is 11.8 Å². The highest BCUT2D eigenvalue weighted by molar-refractivity contribution is 5.90. The molecule has 5 nitrogen and oxygen atoms in total. The van der Waals surface area contributed by atoms with Crippen molar-refractivity contribution in [2.24, 2.45) is 0 Å². The lowest BCUT2D eigenvalue weighted by atomic mass is 10.0. The van der Waals surface area contributed by atoms with Gasteiger partial charge < -0.3 is 14.4 Å². The third-order valence-corrected chi connectivity index (χ3v) is 3.09. The first-order chi connectivity index (χ1) is 8.54. The van der Waals surface area contributed by atoms with Crippen LogP contribution in [0, 0.1) is 0 Å². The van der Waals surface area contributed by atoms with Crippen molar-refractivity contribution in [3.8, 4) is 0 Å². The number of esters is 1. The Kier molecular flexibility index (Phi) is 3.52. The predicted octanol–water partition coefficient (Wildman–Crippen LogP) is 1.48. The van der Waals surface area contributed by atoms with Gasteiger partial charge in [-0.1, -0.05) is 0 Å². The standard InChI is InChI=1S/C13H18N2O3/c1-13(2)9-18-7-6-15(13)11-8-10(4-5-14-11)12(16)17-3/h4-5,8H,6-7,9H2,1-3H3. The largest absolute Gasteiger partial charge is 0.465 e. The van der Waals surface area contributed by atoms with E-state index in [0.717, 1.165) is 12.4 Å². The van der Waals surface area contributed by atoms with Crippen LogP contribution in [0.25, 0.3) is 0 Å². The molecule has 5 heteroatoms. The van der Waals surface area contributed by atoms with Gasteiger partial charge in [-0.05, 0) is 26.0 Å². The molecule has 2 rings (SSSR count). The molecule has 0 saturated carbocycles. The lowest BCUT2D eigenvalue weighted by Crippen LogP contribution is -2.53. The van der Waals surface area contributed by atoms with Crippen LogP contribution in [-0.4, -0.2) is 43.4 Å². The van der Waals surface area contributed by atoms with Gasteiger partial charge in [0.15, 0.2) is 0 Å². The van der Waals surface area contributed by atoms with Gasteiger partial charge in [0.2, 0.25) is 0 Å². The van der Waals surface area contributed by atoms with E-state index < -0.39 is 0 Å². The number of anilines is 1. The SMILES string of the molecule is COC(=O)c1ccnc(N2CCOCC2(C)C)c1. The van der Waals surface area contributed by atoms with Crippen molar-refractivity contribution in [3.63, 3.8) is 0 Å². The molecule has 0 N–H and O–H groups in total. The second-order valence-electron chi connectivity index (χ2n) is 4.91. The monoisotopic (exact) mass is 250 g/mol. The molecule has 0 spiro atoms. The van der Waals surface area contributed by atoms with Gasteiger partial charge in [-0.25, -0.2) is 9.78 Å². The number of pyridine rings is 1. The summed E-state index contributed by atoms with van der Waals surface area (Å²) in [7, 11) is 1.38. The fourth-order valence-corrected chi connectivity index (χ4v) is 2.09. The summed E-state index contributed by atoms with van der Waals surface area (Å²) in [6.07, 6.45) is 1.63. The van der Waals surface area contributed by atoms with Crippen molar-refractivity contribution < 1.29 is 14.3 Å². The lowest BCUT2D eigenvalue weighted by Gasteiger charge is -2.43. The summed E-state index contributed by atoms with van der Waals surface area (Å²) in [5, 5.41) is 0. The fraction of sp³-hybridized carbons (Fsp3) is 0.538. The molecule has 0 atom stereocenters. The van der Waals surface area contributed by atoms with Gasteiger partial charge in [0.25, 0.3) is 0 Å². The number of methoxy groups -OCH3 is 1. The maximum atomic E-state index is 11.5. The molecule has 0 radical (unpaired) electrons. The Labute approximate surface area is 107 Å². The zero-order chi connectivity index (χ0) is 13.2. The molecule has 0 unspecified atom stereocenters. The topological polar surface area (TPSA) is 51.7 Å². The smallest absolute Gasteiger partial charge is 0.338 e. The molecular formula is C13H18N2O3. The van der Waals surface area contributed by atoms with Crippen LogP contribution in [0.1, 0.15) is 24.2 Å². The van der Waals surface area contributed by atoms with Crippen LogP contribution in [0.15, 0.2) is 18.3 Å². The van der Waals surface area contributed by atoms with E-state index in [1.54, 1.807) is 18.3 Å². The van der Waals surface area contributed by atoms with Crippen LogP contribution in [0.5, 0.6) is 0 Å². The minimum atomic E-state index is -0.343. The number of carbonyl (C=O) groups excluding carboxylic acids is 1. The van der Waals surface area contributed by atoms with Crippen LogP contribution in [0.3, 0.4) is 0 Å². The maximum absolute atomic E-state index is 11.5. The van der Waals surface area contributed by atoms with Crippen LogP contribution in [-0.2, 0) is 9.47 Å². The van der Waals surface area contributed by atoms with Gasteiger partial charge in [0.1, 0.15) is 5.82 Å². The Morgan fingerprint density at radius 3 is 3.00 bits per heavy atom. The van der Waals surface area contributed by atoms with E-state index >= 15 is 0 Å². The molecule has 0 aromatic carbocycles. The zero-order valence-corrected chi connectivity index (χ0v) is 11.0. The molecule has 1 fully saturated rings. The number of ether oxygens (including phenoxy) is 2. The Morgan fingerprint density at radius 2 is 2.33 bits per heavy atom. The van der Waals surface area contributed by atoms with Gasteiger partial charge in [0.05, 0.1) is 31.4 Å². The summed E-state index contributed by atoms with van der Waals surface area (Å²) in [4.78, 5) is 18.0. The minimum absolute atomic E-state index is 0.125. The minimum Gasteiger partial charge on any atom is -0.465 e. The lowest BCUT2D eigenvalue weighted by molar-refractivity contribution is 0.0598. The third kappa shape index (κ3) is 2.46. The third-order valence-electron chi connectivity index (χ3n) is 3.09. The number of nitrogens with zero attached hydrogens (tertiary/aromatic N) is 2. The zero-order valence-electron chi connectivity index (χ0n) is 11.0. The first-order valence-electron chi connectivity index (χ1n) is 5.94. The average Bonchev–Trinajstić information content (AvgIpc) is 2.37. The van der Waals surface area contributed by atoms with Crippen molar-refractivity contribution in [2.45, 2.75) is 19.4 Å². The second-order valence-corrected chi connectivity index (χ2v) is 4.91. The Balaban J connectivity index is 2.30. The summed E-state index contributed by atoms with van der Waals surface area (Å²) in [5.74, 6) is 0.441. The highest BCUT2D eigenvalue weighted by Crippen LogP contribution is 2.25. The summed E-state index contributed by atoms with van der Waals surface area (Å²) in [6.45, 7) is 6.28. The first kappa shape index (κ1) is 12.8. The van der Waals surface area contributed by atoms with Crippen molar-refractivity contribution in [1.82, 2.24) is 4.98 Å². The molecule has 18 heavy (non-hydrogen) atoms. The summed E-state index contributed by atoms with van der Waals surface area (Å²) < 4.78 is 10.2. The number of hydrogen-bond donors (Lipinski definition) is 0. The van der Waals surface area contributed by atoms with Crippen LogP contribution in [0.2, 0.25) is 0 Å². The highest BCUT2D eigenvalue weighted by atomic mass is 16.5. The number of aromatic nitrogens is 1. The molecule has 0 amide bonds. The van der Waals surface area contributed by atoms with E-state index in [0.29, 0.717) is 18.8 Å². The number of hydrogen-bond acceptors (Lipinski definition) is 5. The summed E-state index contributed by atoms with van der Waals surface area (Å²) in [6, 6.07) is 3.42. The van der Waals surface area contributed by atoms with Gasteiger partial charge in [0, 0.05) is 12.7 Å². The van der Waals surface area contributed by atoms with Crippen LogP contribution in [0.4, 0.5) is 5.82 Å². The average molecular weight is 250 g/mol. The van der Waals surface area contributed by atoms with Gasteiger partial charge in [-0.2, -0.15) is 0 Å². The van der Waals surface area contributed by atoms with Crippen LogP contribution < -0.4 is 4.90 Å². The van der Waals surface area contributed by atoms with Gasteiger partial charge >= 0.3 is 5.97 Å². The van der Waals surface area contributed by atoms with E-state index in [1.807, 2.05) is 0 Å². The number of morpholine rings is 1. The number of carbonyl (C=O) groups is 1. The molecule has 98 valence electrons. The first-order valence-corrected chi connectivity index (χ1v) is 5.94. The molecule has 0 aliphatic carbocycles. The molecule has 2 heterocycles. The fourth-order valence-electron chi connectivity index (χ4n) is 2.09. The molecule has 1 aliphatic heterocycles. The van der Waals surface area contributed by atoms with Crippen molar-refractivity contribution in [1.29, 1.82) is 0 Å². The van der Waals surface area contributed by atoms with E-state index in [-0.39, 0.29) is 11.5 Å². The van der Waals surface area contributed by atoms with E-state index in [9.17, 15) is 4.79 Å². The normalized spacial score (nSPS) is 18.5. The molecule has 1 aliphatic rings. The summed E-state index contributed by atoms with van der Waals surface area (Å²) in [5.41, 5.74) is 0.393. The molecule has 0 bridgehead atoms. The van der Waals surface area contributed by atoms with Gasteiger partial charge in [-0.15, -0.1) is 0 Å².